The van der Waals surface area contributed by atoms with Crippen molar-refractivity contribution in [3.8, 4) is 0 Å². The number of rotatable bonds is 4. The van der Waals surface area contributed by atoms with Crippen molar-refractivity contribution in [2.24, 2.45) is 33.7 Å². The Kier molecular flexibility index (Phi) is 6.98. The molecular formula is C34H29N3O6S2. The molecule has 3 heterocycles. The van der Waals surface area contributed by atoms with Gasteiger partial charge in [-0.25, -0.2) is 19.3 Å². The third-order valence-electron chi connectivity index (χ3n) is 9.73. The van der Waals surface area contributed by atoms with Gasteiger partial charge in [-0.3, -0.25) is 19.2 Å². The zero-order chi connectivity index (χ0) is 30.8. The van der Waals surface area contributed by atoms with Crippen molar-refractivity contribution in [2.75, 3.05) is 0 Å². The quantitative estimate of drug-likeness (QED) is 0.233. The molecule has 9 nitrogen and oxygen atoms in total. The number of ketones is 4. The first-order valence-electron chi connectivity index (χ1n) is 15.5. The predicted octanol–water partition coefficient (Wildman–Crippen LogP) is 7.16. The molecule has 4 unspecified atom stereocenters. The van der Waals surface area contributed by atoms with Crippen LogP contribution in [0.25, 0.3) is 20.4 Å². The van der Waals surface area contributed by atoms with Gasteiger partial charge in [0.05, 0.1) is 20.4 Å². The van der Waals surface area contributed by atoms with E-state index >= 15 is 0 Å². The maximum atomic E-state index is 13.6. The molecule has 1 aromatic carbocycles. The third-order valence-corrected chi connectivity index (χ3v) is 11.9. The Morgan fingerprint density at radius 1 is 0.689 bits per heavy atom. The summed E-state index contributed by atoms with van der Waals surface area (Å²) in [5, 5.41) is 0.904. The molecule has 4 saturated carbocycles. The molecule has 8 rings (SSSR count). The van der Waals surface area contributed by atoms with Crippen LogP contribution in [0, 0.1) is 23.7 Å². The molecule has 4 aromatic rings. The van der Waals surface area contributed by atoms with E-state index in [1.807, 2.05) is 30.3 Å². The third kappa shape index (κ3) is 4.66. The van der Waals surface area contributed by atoms with E-state index < -0.39 is 6.09 Å². The summed E-state index contributed by atoms with van der Waals surface area (Å²) < 4.78 is 8.62. The number of carbonyl (C=O) groups excluding carboxylic acids is 5. The Balaban J connectivity index is 1.20. The van der Waals surface area contributed by atoms with Crippen LogP contribution in [0.4, 0.5) is 14.8 Å². The number of ether oxygens (including phenoxy) is 1. The zero-order valence-electron chi connectivity index (χ0n) is 24.3. The lowest BCUT2D eigenvalue weighted by atomic mass is 9.81. The van der Waals surface area contributed by atoms with Crippen molar-refractivity contribution in [2.45, 2.75) is 58.0 Å². The predicted molar refractivity (Wildman–Crippen MR) is 172 cm³/mol. The van der Waals surface area contributed by atoms with Gasteiger partial charge in [-0.1, -0.05) is 56.0 Å². The normalized spacial score (nSPS) is 24.9. The highest BCUT2D eigenvalue weighted by molar-refractivity contribution is 7.30. The highest BCUT2D eigenvalue weighted by Gasteiger charge is 2.48. The monoisotopic (exact) mass is 639 g/mol. The van der Waals surface area contributed by atoms with Crippen molar-refractivity contribution >= 4 is 93.8 Å². The fourth-order valence-electron chi connectivity index (χ4n) is 7.52. The van der Waals surface area contributed by atoms with Crippen LogP contribution in [0.5, 0.6) is 0 Å². The number of aromatic nitrogens is 1. The fraction of sp³-hybridized carbons (Fsp3) is 0.382. The number of hydrogen-bond acceptors (Lipinski definition) is 10. The van der Waals surface area contributed by atoms with Gasteiger partial charge in [-0.15, -0.1) is 22.7 Å². The molecule has 45 heavy (non-hydrogen) atoms. The van der Waals surface area contributed by atoms with E-state index in [4.69, 9.17) is 4.74 Å². The lowest BCUT2D eigenvalue weighted by molar-refractivity contribution is -0.120. The largest absolute Gasteiger partial charge is 0.444 e. The first-order chi connectivity index (χ1) is 21.9. The van der Waals surface area contributed by atoms with E-state index in [1.165, 1.54) is 27.2 Å². The van der Waals surface area contributed by atoms with E-state index in [1.54, 1.807) is 12.1 Å². The van der Waals surface area contributed by atoms with Crippen molar-refractivity contribution < 1.29 is 28.7 Å². The fourth-order valence-corrected chi connectivity index (χ4v) is 9.71. The van der Waals surface area contributed by atoms with Crippen molar-refractivity contribution in [3.05, 3.63) is 48.0 Å². The minimum atomic E-state index is -0.606. The van der Waals surface area contributed by atoms with Crippen LogP contribution in [0.3, 0.4) is 0 Å². The second-order valence-electron chi connectivity index (χ2n) is 12.3. The molecular weight excluding hydrogens is 611 g/mol. The topological polar surface area (TPSA) is 124 Å². The van der Waals surface area contributed by atoms with Gasteiger partial charge in [-0.2, -0.15) is 0 Å². The number of fused-ring (bicyclic) bond motifs is 5. The number of benzene rings is 1. The standard InChI is InChI=1S/C34H29N3O6S2/c38-28-18-10-4-5-11-19(18)29(39)26(28)35-24-14-22-32(44-24)33-23(37(22)34(42)43-16-17-8-2-1-3-9-17)15-25(45-33)36-27-30(40)20-12-6-7-13-21(20)31(27)41/h1-3,8-9,14-15,18-21H,4-7,10-13,16H2. The molecule has 0 bridgehead atoms. The number of carbonyl (C=O) groups is 5. The van der Waals surface area contributed by atoms with Gasteiger partial charge in [-0.05, 0) is 43.4 Å². The average molecular weight is 640 g/mol. The molecule has 0 spiro atoms. The lowest BCUT2D eigenvalue weighted by Crippen LogP contribution is -2.21. The summed E-state index contributed by atoms with van der Waals surface area (Å²) in [7, 11) is 0. The molecule has 228 valence electrons. The average Bonchev–Trinajstić information content (AvgIpc) is 3.83. The van der Waals surface area contributed by atoms with Gasteiger partial charge < -0.3 is 4.74 Å². The lowest BCUT2D eigenvalue weighted by Gasteiger charge is -2.20. The Morgan fingerprint density at radius 3 is 1.53 bits per heavy atom. The molecule has 0 N–H and O–H groups in total. The van der Waals surface area contributed by atoms with E-state index in [0.29, 0.717) is 46.7 Å². The summed E-state index contributed by atoms with van der Waals surface area (Å²) in [6.45, 7) is 0.0665. The van der Waals surface area contributed by atoms with Crippen molar-refractivity contribution in [1.29, 1.82) is 0 Å². The Labute approximate surface area is 266 Å². The smallest absolute Gasteiger partial charge is 0.419 e. The van der Waals surface area contributed by atoms with Gasteiger partial charge in [0.2, 0.25) is 0 Å². The number of aliphatic imine (C=N–C) groups is 2. The second-order valence-corrected chi connectivity index (χ2v) is 14.4. The molecule has 4 aliphatic carbocycles. The molecule has 0 amide bonds. The Bertz CT molecular complexity index is 1830. The highest BCUT2D eigenvalue weighted by Crippen LogP contribution is 2.47. The van der Waals surface area contributed by atoms with Crippen LogP contribution in [0.15, 0.2) is 52.4 Å². The molecule has 0 saturated heterocycles. The van der Waals surface area contributed by atoms with Gasteiger partial charge in [0, 0.05) is 23.7 Å². The van der Waals surface area contributed by atoms with E-state index in [-0.39, 0.29) is 64.8 Å². The molecule has 4 fully saturated rings. The first kappa shape index (κ1) is 28.4. The summed E-state index contributed by atoms with van der Waals surface area (Å²) in [6, 6.07) is 12.8. The van der Waals surface area contributed by atoms with Gasteiger partial charge >= 0.3 is 6.09 Å². The van der Waals surface area contributed by atoms with Crippen LogP contribution in [-0.4, -0.2) is 45.2 Å². The Hall–Kier alpha value is -4.09. The summed E-state index contributed by atoms with van der Waals surface area (Å²) in [5.74, 6) is -1.85. The van der Waals surface area contributed by atoms with Crippen LogP contribution in [0.1, 0.15) is 56.9 Å². The van der Waals surface area contributed by atoms with Crippen LogP contribution in [-0.2, 0) is 30.5 Å². The van der Waals surface area contributed by atoms with Crippen molar-refractivity contribution in [1.82, 2.24) is 4.57 Å². The minimum Gasteiger partial charge on any atom is -0.444 e. The van der Waals surface area contributed by atoms with Gasteiger partial charge in [0.1, 0.15) is 16.6 Å². The molecule has 4 atom stereocenters. The second kappa shape index (κ2) is 11.1. The molecule has 0 radical (unpaired) electrons. The minimum absolute atomic E-state index is 0.00300. The van der Waals surface area contributed by atoms with Gasteiger partial charge in [0.25, 0.3) is 0 Å². The first-order valence-corrected chi connectivity index (χ1v) is 17.2. The van der Waals surface area contributed by atoms with Crippen molar-refractivity contribution in [3.63, 3.8) is 0 Å². The number of nitrogens with zero attached hydrogens (tertiary/aromatic N) is 3. The zero-order valence-corrected chi connectivity index (χ0v) is 26.0. The highest BCUT2D eigenvalue weighted by atomic mass is 32.1. The van der Waals surface area contributed by atoms with E-state index in [0.717, 1.165) is 40.6 Å². The number of hydrogen-bond donors (Lipinski definition) is 0. The van der Waals surface area contributed by atoms with Crippen LogP contribution in [0.2, 0.25) is 0 Å². The van der Waals surface area contributed by atoms with E-state index in [2.05, 4.69) is 9.98 Å². The summed E-state index contributed by atoms with van der Waals surface area (Å²) in [4.78, 5) is 75.3. The number of thiophene rings is 2. The maximum absolute atomic E-state index is 13.6. The summed E-state index contributed by atoms with van der Waals surface area (Å²) in [6.07, 6.45) is 6.00. The number of Topliss-reactive ketones (excluding diaryl/α,β-unsaturated/α-hetero) is 4. The van der Waals surface area contributed by atoms with Crippen LogP contribution < -0.4 is 0 Å². The molecule has 3 aromatic heterocycles. The SMILES string of the molecule is O=C1C(=Nc2cc3c(s2)c2sc(N=C4C(=O)C5CCCCC5C4=O)cc2n3C(=O)OCc2ccccc2)C(=O)C2CCCCC12. The Morgan fingerprint density at radius 2 is 1.11 bits per heavy atom. The molecule has 11 heteroatoms. The molecule has 4 aliphatic rings. The summed E-state index contributed by atoms with van der Waals surface area (Å²) >= 11 is 2.57. The van der Waals surface area contributed by atoms with Crippen LogP contribution >= 0.6 is 22.7 Å². The molecule has 0 aliphatic heterocycles. The van der Waals surface area contributed by atoms with Gasteiger partial charge in [0.15, 0.2) is 34.6 Å². The summed E-state index contributed by atoms with van der Waals surface area (Å²) in [5.41, 5.74) is 1.94. The maximum Gasteiger partial charge on any atom is 0.419 e. The van der Waals surface area contributed by atoms with E-state index in [9.17, 15) is 24.0 Å².